The van der Waals surface area contributed by atoms with Crippen LogP contribution in [0.3, 0.4) is 0 Å². The summed E-state index contributed by atoms with van der Waals surface area (Å²) in [5.41, 5.74) is 1.84. The summed E-state index contributed by atoms with van der Waals surface area (Å²) in [7, 11) is 3.09. The maximum absolute atomic E-state index is 12.0. The van der Waals surface area contributed by atoms with Crippen LogP contribution in [0.25, 0.3) is 0 Å². The van der Waals surface area contributed by atoms with Crippen molar-refractivity contribution in [2.24, 2.45) is 14.1 Å². The molecule has 0 fully saturated rings. The predicted octanol–water partition coefficient (Wildman–Crippen LogP) is 0.231. The largest absolute Gasteiger partial charge is 0.396 e. The van der Waals surface area contributed by atoms with E-state index in [1.165, 1.54) is 11.6 Å². The molecule has 0 amide bonds. The van der Waals surface area contributed by atoms with Gasteiger partial charge in [0.2, 0.25) is 0 Å². The maximum atomic E-state index is 12.0. The van der Waals surface area contributed by atoms with Crippen LogP contribution in [0, 0.1) is 0 Å². The predicted molar refractivity (Wildman–Crippen MR) is 81.5 cm³/mol. The molecule has 6 nitrogen and oxygen atoms in total. The van der Waals surface area contributed by atoms with Crippen molar-refractivity contribution in [1.29, 1.82) is 0 Å². The van der Waals surface area contributed by atoms with Crippen LogP contribution in [-0.2, 0) is 27.1 Å². The van der Waals surface area contributed by atoms with Crippen LogP contribution in [0.1, 0.15) is 11.1 Å². The molecule has 2 rings (SSSR count). The fourth-order valence-electron chi connectivity index (χ4n) is 2.12. The summed E-state index contributed by atoms with van der Waals surface area (Å²) in [6.07, 6.45) is 2.18. The molecule has 0 aliphatic carbocycles. The fourth-order valence-corrected chi connectivity index (χ4v) is 2.12. The highest BCUT2D eigenvalue weighted by molar-refractivity contribution is 5.45. The minimum atomic E-state index is -0.336. The summed E-state index contributed by atoms with van der Waals surface area (Å²) in [6, 6.07) is 7.66. The van der Waals surface area contributed by atoms with Crippen molar-refractivity contribution in [3.8, 4) is 0 Å². The van der Waals surface area contributed by atoms with Crippen molar-refractivity contribution in [3.05, 3.63) is 62.4 Å². The lowest BCUT2D eigenvalue weighted by atomic mass is 10.1. The minimum absolute atomic E-state index is 0.126. The number of aliphatic hydroxyl groups excluding tert-OH is 1. The monoisotopic (exact) mass is 289 g/mol. The summed E-state index contributed by atoms with van der Waals surface area (Å²) < 4.78 is 2.49. The molecule has 1 heterocycles. The highest BCUT2D eigenvalue weighted by atomic mass is 16.3. The molecule has 0 aliphatic heterocycles. The SMILES string of the molecule is Cn1cc(CNc2ccc(CCO)cc2)c(=O)n(C)c1=O. The van der Waals surface area contributed by atoms with Gasteiger partial charge in [0.25, 0.3) is 5.56 Å². The average molecular weight is 289 g/mol. The van der Waals surface area contributed by atoms with Gasteiger partial charge in [0.1, 0.15) is 0 Å². The molecule has 6 heteroatoms. The first kappa shape index (κ1) is 15.1. The smallest absolute Gasteiger partial charge is 0.330 e. The Bertz CT molecular complexity index is 729. The first-order valence-electron chi connectivity index (χ1n) is 6.72. The molecule has 0 aliphatic rings. The van der Waals surface area contributed by atoms with Crippen LogP contribution in [0.4, 0.5) is 5.69 Å². The van der Waals surface area contributed by atoms with E-state index in [0.717, 1.165) is 15.8 Å². The van der Waals surface area contributed by atoms with Crippen molar-refractivity contribution in [2.45, 2.75) is 13.0 Å². The Balaban J connectivity index is 2.13. The number of hydrogen-bond donors (Lipinski definition) is 2. The Morgan fingerprint density at radius 3 is 2.43 bits per heavy atom. The Labute approximate surface area is 122 Å². The zero-order valence-corrected chi connectivity index (χ0v) is 12.2. The average Bonchev–Trinajstić information content (AvgIpc) is 2.49. The van der Waals surface area contributed by atoms with Crippen LogP contribution in [-0.4, -0.2) is 20.8 Å². The van der Waals surface area contributed by atoms with Gasteiger partial charge in [-0.3, -0.25) is 9.36 Å². The van der Waals surface area contributed by atoms with Crippen LogP contribution in [0.15, 0.2) is 40.1 Å². The summed E-state index contributed by atoms with van der Waals surface area (Å²) >= 11 is 0. The van der Waals surface area contributed by atoms with Gasteiger partial charge in [-0.1, -0.05) is 12.1 Å². The van der Waals surface area contributed by atoms with Gasteiger partial charge in [0.05, 0.1) is 5.56 Å². The van der Waals surface area contributed by atoms with Crippen molar-refractivity contribution in [1.82, 2.24) is 9.13 Å². The van der Waals surface area contributed by atoms with E-state index in [1.807, 2.05) is 24.3 Å². The molecular formula is C15H19N3O3. The van der Waals surface area contributed by atoms with Crippen molar-refractivity contribution in [2.75, 3.05) is 11.9 Å². The second kappa shape index (κ2) is 6.41. The van der Waals surface area contributed by atoms with E-state index in [0.29, 0.717) is 18.5 Å². The molecule has 2 N–H and O–H groups in total. The number of anilines is 1. The Morgan fingerprint density at radius 2 is 1.81 bits per heavy atom. The number of hydrogen-bond acceptors (Lipinski definition) is 4. The molecule has 0 atom stereocenters. The highest BCUT2D eigenvalue weighted by Crippen LogP contribution is 2.10. The molecule has 21 heavy (non-hydrogen) atoms. The molecule has 112 valence electrons. The molecule has 0 saturated heterocycles. The van der Waals surface area contributed by atoms with Crippen molar-refractivity contribution < 1.29 is 5.11 Å². The lowest BCUT2D eigenvalue weighted by Crippen LogP contribution is -2.38. The summed E-state index contributed by atoms with van der Waals surface area (Å²) in [6.45, 7) is 0.473. The molecule has 2 aromatic rings. The van der Waals surface area contributed by atoms with Gasteiger partial charge in [-0.15, -0.1) is 0 Å². The summed E-state index contributed by atoms with van der Waals surface area (Å²) in [5, 5.41) is 12.0. The van der Waals surface area contributed by atoms with Gasteiger partial charge in [0, 0.05) is 39.1 Å². The van der Waals surface area contributed by atoms with Crippen LogP contribution >= 0.6 is 0 Å². The van der Waals surface area contributed by atoms with E-state index in [9.17, 15) is 9.59 Å². The number of benzene rings is 1. The first-order valence-corrected chi connectivity index (χ1v) is 6.72. The van der Waals surface area contributed by atoms with E-state index in [1.54, 1.807) is 13.2 Å². The molecule has 0 radical (unpaired) electrons. The molecule has 0 spiro atoms. The van der Waals surface area contributed by atoms with Gasteiger partial charge in [-0.25, -0.2) is 4.79 Å². The zero-order valence-electron chi connectivity index (χ0n) is 12.2. The number of aliphatic hydroxyl groups is 1. The van der Waals surface area contributed by atoms with Gasteiger partial charge in [-0.05, 0) is 24.1 Å². The molecule has 0 bridgehead atoms. The maximum Gasteiger partial charge on any atom is 0.330 e. The fraction of sp³-hybridized carbons (Fsp3) is 0.333. The Hall–Kier alpha value is -2.34. The second-order valence-corrected chi connectivity index (χ2v) is 4.94. The number of rotatable bonds is 5. The normalized spacial score (nSPS) is 10.6. The number of aryl methyl sites for hydroxylation is 1. The Morgan fingerprint density at radius 1 is 1.14 bits per heavy atom. The third-order valence-corrected chi connectivity index (χ3v) is 3.35. The minimum Gasteiger partial charge on any atom is -0.396 e. The van der Waals surface area contributed by atoms with Crippen LogP contribution < -0.4 is 16.6 Å². The summed E-state index contributed by atoms with van der Waals surface area (Å²) in [4.78, 5) is 23.6. The first-order chi connectivity index (χ1) is 10.0. The third kappa shape index (κ3) is 3.41. The molecule has 0 saturated carbocycles. The topological polar surface area (TPSA) is 76.3 Å². The lowest BCUT2D eigenvalue weighted by Gasteiger charge is -2.09. The molecular weight excluding hydrogens is 270 g/mol. The number of aromatic nitrogens is 2. The quantitative estimate of drug-likeness (QED) is 0.826. The van der Waals surface area contributed by atoms with Crippen molar-refractivity contribution in [3.63, 3.8) is 0 Å². The van der Waals surface area contributed by atoms with Crippen LogP contribution in [0.2, 0.25) is 0 Å². The highest BCUT2D eigenvalue weighted by Gasteiger charge is 2.06. The lowest BCUT2D eigenvalue weighted by molar-refractivity contribution is 0.299. The van der Waals surface area contributed by atoms with E-state index in [-0.39, 0.29) is 17.9 Å². The number of nitrogens with zero attached hydrogens (tertiary/aromatic N) is 2. The van der Waals surface area contributed by atoms with E-state index in [2.05, 4.69) is 5.32 Å². The second-order valence-electron chi connectivity index (χ2n) is 4.94. The van der Waals surface area contributed by atoms with E-state index < -0.39 is 0 Å². The Kier molecular flexibility index (Phi) is 4.59. The van der Waals surface area contributed by atoms with Gasteiger partial charge in [0.15, 0.2) is 0 Å². The van der Waals surface area contributed by atoms with Gasteiger partial charge >= 0.3 is 5.69 Å². The standard InChI is InChI=1S/C15H19N3O3/c1-17-10-12(14(20)18(2)15(17)21)9-16-13-5-3-11(4-6-13)7-8-19/h3-6,10,16,19H,7-9H2,1-2H3. The van der Waals surface area contributed by atoms with Crippen molar-refractivity contribution >= 4 is 5.69 Å². The van der Waals surface area contributed by atoms with E-state index in [4.69, 9.17) is 5.11 Å². The molecule has 1 aromatic carbocycles. The number of nitrogens with one attached hydrogen (secondary N) is 1. The summed E-state index contributed by atoms with van der Waals surface area (Å²) in [5.74, 6) is 0. The van der Waals surface area contributed by atoms with E-state index >= 15 is 0 Å². The van der Waals surface area contributed by atoms with Gasteiger partial charge < -0.3 is 15.0 Å². The zero-order chi connectivity index (χ0) is 15.4. The molecule has 0 unspecified atom stereocenters. The van der Waals surface area contributed by atoms with Gasteiger partial charge in [-0.2, -0.15) is 0 Å². The third-order valence-electron chi connectivity index (χ3n) is 3.35. The van der Waals surface area contributed by atoms with Crippen LogP contribution in [0.5, 0.6) is 0 Å². The molecule has 1 aromatic heterocycles.